The number of nitrogens with two attached hydrogens (primary N) is 1. The van der Waals surface area contributed by atoms with Gasteiger partial charge in [0.05, 0.1) is 13.7 Å². The number of rotatable bonds is 9. The first-order chi connectivity index (χ1) is 11.3. The van der Waals surface area contributed by atoms with Crippen LogP contribution in [-0.4, -0.2) is 20.3 Å². The third-order valence-electron chi connectivity index (χ3n) is 4.07. The molecule has 0 aliphatic rings. The third kappa shape index (κ3) is 5.43. The summed E-state index contributed by atoms with van der Waals surface area (Å²) in [5, 5.41) is 0. The monoisotopic (exact) mass is 349 g/mol. The molecule has 2 rings (SSSR count). The molecule has 4 heteroatoms. The van der Waals surface area contributed by atoms with E-state index in [0.717, 1.165) is 36.3 Å². The molecule has 24 heavy (non-hydrogen) atoms. The molecule has 1 atom stereocenters. The Morgan fingerprint density at radius 2 is 1.79 bits per heavy atom. The normalized spacial score (nSPS) is 11.5. The Bertz CT molecular complexity index is 589. The van der Waals surface area contributed by atoms with Gasteiger partial charge in [0.15, 0.2) is 11.5 Å². The Labute approximate surface area is 151 Å². The summed E-state index contributed by atoms with van der Waals surface area (Å²) in [6, 6.07) is 16.4. The summed E-state index contributed by atoms with van der Waals surface area (Å²) < 4.78 is 11.6. The zero-order valence-electron chi connectivity index (χ0n) is 14.5. The molecule has 0 saturated heterocycles. The summed E-state index contributed by atoms with van der Waals surface area (Å²) in [6.07, 6.45) is 3.03. The molecule has 0 fully saturated rings. The van der Waals surface area contributed by atoms with Crippen molar-refractivity contribution in [1.82, 2.24) is 0 Å². The topological polar surface area (TPSA) is 44.5 Å². The molecule has 2 aromatic rings. The van der Waals surface area contributed by atoms with Crippen LogP contribution in [0.3, 0.4) is 0 Å². The van der Waals surface area contributed by atoms with Gasteiger partial charge in [-0.05, 0) is 30.5 Å². The van der Waals surface area contributed by atoms with Gasteiger partial charge in [0.1, 0.15) is 0 Å². The van der Waals surface area contributed by atoms with Crippen LogP contribution in [0.4, 0.5) is 0 Å². The Kier molecular flexibility index (Phi) is 9.28. The van der Waals surface area contributed by atoms with Crippen molar-refractivity contribution in [2.75, 3.05) is 20.3 Å². The molecule has 3 nitrogen and oxygen atoms in total. The highest BCUT2D eigenvalue weighted by atomic mass is 35.5. The van der Waals surface area contributed by atoms with Gasteiger partial charge in [-0.3, -0.25) is 0 Å². The van der Waals surface area contributed by atoms with E-state index in [-0.39, 0.29) is 12.4 Å². The average molecular weight is 350 g/mol. The van der Waals surface area contributed by atoms with Crippen molar-refractivity contribution in [3.8, 4) is 11.5 Å². The molecular weight excluding hydrogens is 322 g/mol. The van der Waals surface area contributed by atoms with E-state index in [9.17, 15) is 0 Å². The zero-order valence-corrected chi connectivity index (χ0v) is 15.4. The highest BCUT2D eigenvalue weighted by Gasteiger charge is 2.18. The molecule has 132 valence electrons. The fourth-order valence-electron chi connectivity index (χ4n) is 2.83. The third-order valence-corrected chi connectivity index (χ3v) is 4.07. The van der Waals surface area contributed by atoms with Gasteiger partial charge in [0, 0.05) is 12.0 Å². The lowest BCUT2D eigenvalue weighted by atomic mass is 9.93. The van der Waals surface area contributed by atoms with Crippen molar-refractivity contribution in [3.05, 3.63) is 59.7 Å². The molecule has 2 N–H and O–H groups in total. The van der Waals surface area contributed by atoms with Crippen LogP contribution in [0.2, 0.25) is 0 Å². The number of halogens is 1. The molecular formula is C20H28ClNO2. The summed E-state index contributed by atoms with van der Waals surface area (Å²) in [6.45, 7) is 3.43. The summed E-state index contributed by atoms with van der Waals surface area (Å²) >= 11 is 0. The van der Waals surface area contributed by atoms with Crippen LogP contribution in [0.25, 0.3) is 0 Å². The first kappa shape index (κ1) is 20.3. The lowest BCUT2D eigenvalue weighted by Gasteiger charge is -2.21. The fourth-order valence-corrected chi connectivity index (χ4v) is 2.83. The van der Waals surface area contributed by atoms with Gasteiger partial charge < -0.3 is 15.2 Å². The van der Waals surface area contributed by atoms with Crippen LogP contribution in [0.15, 0.2) is 48.5 Å². The summed E-state index contributed by atoms with van der Waals surface area (Å²) in [7, 11) is 1.68. The molecule has 0 radical (unpaired) electrons. The predicted octanol–water partition coefficient (Wildman–Crippen LogP) is 4.58. The number of benzene rings is 2. The number of para-hydroxylation sites is 1. The standard InChI is InChI=1S/C20H27NO2.ClH/c1-3-8-17(15-21)18-11-7-12-19(22-2)20(18)23-14-13-16-9-5-4-6-10-16;/h4-7,9-12,17H,3,8,13-15,21H2,1-2H3;1H. The van der Waals surface area contributed by atoms with E-state index < -0.39 is 0 Å². The summed E-state index contributed by atoms with van der Waals surface area (Å²) in [5.41, 5.74) is 8.40. The van der Waals surface area contributed by atoms with E-state index in [2.05, 4.69) is 37.3 Å². The number of methoxy groups -OCH3 is 1. The summed E-state index contributed by atoms with van der Waals surface area (Å²) in [4.78, 5) is 0. The van der Waals surface area contributed by atoms with Crippen LogP contribution in [0.1, 0.15) is 36.8 Å². The molecule has 2 aromatic carbocycles. The van der Waals surface area contributed by atoms with Gasteiger partial charge >= 0.3 is 0 Å². The number of ether oxygens (including phenoxy) is 2. The van der Waals surface area contributed by atoms with E-state index >= 15 is 0 Å². The quantitative estimate of drug-likeness (QED) is 0.720. The van der Waals surface area contributed by atoms with Crippen molar-refractivity contribution in [2.24, 2.45) is 5.73 Å². The van der Waals surface area contributed by atoms with Gasteiger partial charge in [-0.2, -0.15) is 0 Å². The molecule has 0 amide bonds. The Hall–Kier alpha value is -1.71. The van der Waals surface area contributed by atoms with Gasteiger partial charge in [0.2, 0.25) is 0 Å². The molecule has 0 spiro atoms. The Morgan fingerprint density at radius 3 is 2.42 bits per heavy atom. The largest absolute Gasteiger partial charge is 0.493 e. The van der Waals surface area contributed by atoms with Crippen molar-refractivity contribution in [3.63, 3.8) is 0 Å². The molecule has 0 aliphatic carbocycles. The minimum absolute atomic E-state index is 0. The van der Waals surface area contributed by atoms with E-state index in [1.807, 2.05) is 18.2 Å². The predicted molar refractivity (Wildman–Crippen MR) is 103 cm³/mol. The molecule has 0 aromatic heterocycles. The van der Waals surface area contributed by atoms with E-state index in [4.69, 9.17) is 15.2 Å². The second-order valence-electron chi connectivity index (χ2n) is 5.68. The SMILES string of the molecule is CCCC(CN)c1cccc(OC)c1OCCc1ccccc1.Cl. The lowest BCUT2D eigenvalue weighted by Crippen LogP contribution is -2.14. The number of hydrogen-bond donors (Lipinski definition) is 1. The van der Waals surface area contributed by atoms with Gasteiger partial charge in [-0.1, -0.05) is 55.8 Å². The Balaban J connectivity index is 0.00000288. The molecule has 0 heterocycles. The summed E-state index contributed by atoms with van der Waals surface area (Å²) in [5.74, 6) is 1.93. The van der Waals surface area contributed by atoms with E-state index in [1.165, 1.54) is 5.56 Å². The molecule has 0 bridgehead atoms. The lowest BCUT2D eigenvalue weighted by molar-refractivity contribution is 0.292. The fraction of sp³-hybridized carbons (Fsp3) is 0.400. The second kappa shape index (κ2) is 11.0. The smallest absolute Gasteiger partial charge is 0.164 e. The first-order valence-corrected chi connectivity index (χ1v) is 8.33. The van der Waals surface area contributed by atoms with Gasteiger partial charge in [-0.25, -0.2) is 0 Å². The van der Waals surface area contributed by atoms with Crippen molar-refractivity contribution in [2.45, 2.75) is 32.1 Å². The average Bonchev–Trinajstić information content (AvgIpc) is 2.61. The van der Waals surface area contributed by atoms with Gasteiger partial charge in [0.25, 0.3) is 0 Å². The van der Waals surface area contributed by atoms with Crippen LogP contribution in [0.5, 0.6) is 11.5 Å². The maximum atomic E-state index is 6.11. The van der Waals surface area contributed by atoms with Gasteiger partial charge in [-0.15, -0.1) is 12.4 Å². The second-order valence-corrected chi connectivity index (χ2v) is 5.68. The Morgan fingerprint density at radius 1 is 1.04 bits per heavy atom. The zero-order chi connectivity index (χ0) is 16.5. The molecule has 0 saturated carbocycles. The van der Waals surface area contributed by atoms with E-state index in [0.29, 0.717) is 19.1 Å². The first-order valence-electron chi connectivity index (χ1n) is 8.33. The van der Waals surface area contributed by atoms with Crippen LogP contribution in [0, 0.1) is 0 Å². The number of hydrogen-bond acceptors (Lipinski definition) is 3. The minimum atomic E-state index is 0. The maximum Gasteiger partial charge on any atom is 0.164 e. The van der Waals surface area contributed by atoms with Crippen molar-refractivity contribution >= 4 is 12.4 Å². The van der Waals surface area contributed by atoms with E-state index in [1.54, 1.807) is 7.11 Å². The molecule has 1 unspecified atom stereocenters. The maximum absolute atomic E-state index is 6.11. The van der Waals surface area contributed by atoms with Crippen molar-refractivity contribution in [1.29, 1.82) is 0 Å². The van der Waals surface area contributed by atoms with Crippen LogP contribution < -0.4 is 15.2 Å². The van der Waals surface area contributed by atoms with Crippen LogP contribution >= 0.6 is 12.4 Å². The van der Waals surface area contributed by atoms with Crippen molar-refractivity contribution < 1.29 is 9.47 Å². The minimum Gasteiger partial charge on any atom is -0.493 e. The highest BCUT2D eigenvalue weighted by molar-refractivity contribution is 5.85. The molecule has 0 aliphatic heterocycles. The van der Waals surface area contributed by atoms with Crippen LogP contribution in [-0.2, 0) is 6.42 Å². The highest BCUT2D eigenvalue weighted by Crippen LogP contribution is 2.37.